The molecule has 0 N–H and O–H groups in total. The van der Waals surface area contributed by atoms with Gasteiger partial charge < -0.3 is 4.74 Å². The SMILES string of the molecule is CCOc1ccc(CCl)cc1CC(C)=O. The summed E-state index contributed by atoms with van der Waals surface area (Å²) in [7, 11) is 0. The molecule has 1 rings (SSSR count). The molecule has 0 aliphatic heterocycles. The van der Waals surface area contributed by atoms with Crippen LogP contribution in [-0.4, -0.2) is 12.4 Å². The molecule has 0 unspecified atom stereocenters. The van der Waals surface area contributed by atoms with Crippen molar-refractivity contribution < 1.29 is 9.53 Å². The van der Waals surface area contributed by atoms with Crippen LogP contribution in [-0.2, 0) is 17.1 Å². The highest BCUT2D eigenvalue weighted by molar-refractivity contribution is 6.17. The fraction of sp³-hybridized carbons (Fsp3) is 0.417. The maximum Gasteiger partial charge on any atom is 0.134 e. The van der Waals surface area contributed by atoms with Gasteiger partial charge in [-0.25, -0.2) is 0 Å². The highest BCUT2D eigenvalue weighted by Gasteiger charge is 2.06. The molecule has 0 aromatic heterocycles. The number of ether oxygens (including phenoxy) is 1. The predicted molar refractivity (Wildman–Crippen MR) is 61.6 cm³/mol. The number of alkyl halides is 1. The molecule has 0 spiro atoms. The Morgan fingerprint density at radius 1 is 1.47 bits per heavy atom. The Hall–Kier alpha value is -1.02. The van der Waals surface area contributed by atoms with E-state index in [4.69, 9.17) is 16.3 Å². The minimum Gasteiger partial charge on any atom is -0.494 e. The lowest BCUT2D eigenvalue weighted by atomic mass is 10.1. The Labute approximate surface area is 95.2 Å². The smallest absolute Gasteiger partial charge is 0.134 e. The van der Waals surface area contributed by atoms with Crippen LogP contribution in [0, 0.1) is 0 Å². The van der Waals surface area contributed by atoms with Crippen molar-refractivity contribution in [2.75, 3.05) is 6.61 Å². The number of Topliss-reactive ketones (excluding diaryl/α,β-unsaturated/α-hetero) is 1. The first-order valence-electron chi connectivity index (χ1n) is 4.97. The second kappa shape index (κ2) is 5.76. The van der Waals surface area contributed by atoms with E-state index in [1.54, 1.807) is 6.92 Å². The summed E-state index contributed by atoms with van der Waals surface area (Å²) < 4.78 is 5.44. The van der Waals surface area contributed by atoms with Crippen molar-refractivity contribution in [2.45, 2.75) is 26.1 Å². The molecular formula is C12H15ClO2. The van der Waals surface area contributed by atoms with E-state index in [0.717, 1.165) is 16.9 Å². The molecule has 15 heavy (non-hydrogen) atoms. The molecule has 2 nitrogen and oxygen atoms in total. The summed E-state index contributed by atoms with van der Waals surface area (Å²) in [4.78, 5) is 11.1. The van der Waals surface area contributed by atoms with Crippen LogP contribution in [0.2, 0.25) is 0 Å². The van der Waals surface area contributed by atoms with E-state index in [1.165, 1.54) is 0 Å². The predicted octanol–water partition coefficient (Wildman–Crippen LogP) is 2.96. The van der Waals surface area contributed by atoms with Gasteiger partial charge in [-0.2, -0.15) is 0 Å². The number of hydrogen-bond donors (Lipinski definition) is 0. The zero-order valence-electron chi connectivity index (χ0n) is 9.05. The lowest BCUT2D eigenvalue weighted by Crippen LogP contribution is -2.02. The van der Waals surface area contributed by atoms with Gasteiger partial charge in [-0.1, -0.05) is 12.1 Å². The number of hydrogen-bond acceptors (Lipinski definition) is 2. The third-order valence-electron chi connectivity index (χ3n) is 2.02. The Bertz CT molecular complexity index is 347. The van der Waals surface area contributed by atoms with Crippen LogP contribution < -0.4 is 4.74 Å². The quantitative estimate of drug-likeness (QED) is 0.722. The molecule has 0 heterocycles. The average molecular weight is 227 g/mol. The van der Waals surface area contributed by atoms with Crippen molar-refractivity contribution in [3.05, 3.63) is 29.3 Å². The van der Waals surface area contributed by atoms with Gasteiger partial charge in [0.05, 0.1) is 6.61 Å². The van der Waals surface area contributed by atoms with Gasteiger partial charge in [0, 0.05) is 17.9 Å². The summed E-state index contributed by atoms with van der Waals surface area (Å²) >= 11 is 5.74. The molecule has 0 radical (unpaired) electrons. The number of carbonyl (C=O) groups excluding carboxylic acids is 1. The minimum absolute atomic E-state index is 0.127. The summed E-state index contributed by atoms with van der Waals surface area (Å²) in [5.41, 5.74) is 1.93. The van der Waals surface area contributed by atoms with E-state index in [0.29, 0.717) is 18.9 Å². The van der Waals surface area contributed by atoms with E-state index < -0.39 is 0 Å². The standard InChI is InChI=1S/C12H15ClO2/c1-3-15-12-5-4-10(8-13)7-11(12)6-9(2)14/h4-5,7H,3,6,8H2,1-2H3. The normalized spacial score (nSPS) is 10.1. The number of halogens is 1. The second-order valence-electron chi connectivity index (χ2n) is 3.39. The van der Waals surface area contributed by atoms with Crippen LogP contribution in [0.4, 0.5) is 0 Å². The molecule has 0 atom stereocenters. The molecule has 0 saturated carbocycles. The van der Waals surface area contributed by atoms with Crippen LogP contribution in [0.15, 0.2) is 18.2 Å². The largest absolute Gasteiger partial charge is 0.494 e. The van der Waals surface area contributed by atoms with Gasteiger partial charge >= 0.3 is 0 Å². The van der Waals surface area contributed by atoms with E-state index in [1.807, 2.05) is 25.1 Å². The zero-order chi connectivity index (χ0) is 11.3. The fourth-order valence-corrected chi connectivity index (χ4v) is 1.58. The van der Waals surface area contributed by atoms with E-state index in [-0.39, 0.29) is 5.78 Å². The van der Waals surface area contributed by atoms with Crippen LogP contribution in [0.5, 0.6) is 5.75 Å². The Morgan fingerprint density at radius 3 is 2.73 bits per heavy atom. The topological polar surface area (TPSA) is 26.3 Å². The fourth-order valence-electron chi connectivity index (χ4n) is 1.42. The van der Waals surface area contributed by atoms with Crippen molar-refractivity contribution in [3.63, 3.8) is 0 Å². The minimum atomic E-state index is 0.127. The van der Waals surface area contributed by atoms with Crippen LogP contribution in [0.25, 0.3) is 0 Å². The van der Waals surface area contributed by atoms with E-state index in [2.05, 4.69) is 0 Å². The van der Waals surface area contributed by atoms with Gasteiger partial charge in [0.15, 0.2) is 0 Å². The first-order valence-corrected chi connectivity index (χ1v) is 5.50. The zero-order valence-corrected chi connectivity index (χ0v) is 9.80. The van der Waals surface area contributed by atoms with Crippen LogP contribution >= 0.6 is 11.6 Å². The molecule has 0 bridgehead atoms. The molecule has 0 aliphatic rings. The molecule has 3 heteroatoms. The van der Waals surface area contributed by atoms with E-state index in [9.17, 15) is 4.79 Å². The van der Waals surface area contributed by atoms with Gasteiger partial charge in [-0.05, 0) is 25.5 Å². The number of benzene rings is 1. The monoisotopic (exact) mass is 226 g/mol. The number of ketones is 1. The van der Waals surface area contributed by atoms with Crippen molar-refractivity contribution in [2.24, 2.45) is 0 Å². The Morgan fingerprint density at radius 2 is 2.20 bits per heavy atom. The van der Waals surface area contributed by atoms with Gasteiger partial charge in [0.1, 0.15) is 11.5 Å². The van der Waals surface area contributed by atoms with Crippen molar-refractivity contribution >= 4 is 17.4 Å². The maximum atomic E-state index is 11.1. The first-order chi connectivity index (χ1) is 7.17. The Kier molecular flexibility index (Phi) is 4.63. The van der Waals surface area contributed by atoms with Crippen LogP contribution in [0.3, 0.4) is 0 Å². The maximum absolute atomic E-state index is 11.1. The summed E-state index contributed by atoms with van der Waals surface area (Å²) in [6, 6.07) is 5.72. The summed E-state index contributed by atoms with van der Waals surface area (Å²) in [6.07, 6.45) is 0.403. The third-order valence-corrected chi connectivity index (χ3v) is 2.33. The van der Waals surface area contributed by atoms with E-state index >= 15 is 0 Å². The highest BCUT2D eigenvalue weighted by atomic mass is 35.5. The highest BCUT2D eigenvalue weighted by Crippen LogP contribution is 2.22. The number of rotatable bonds is 5. The average Bonchev–Trinajstić information content (AvgIpc) is 2.20. The second-order valence-corrected chi connectivity index (χ2v) is 3.65. The lowest BCUT2D eigenvalue weighted by molar-refractivity contribution is -0.116. The molecule has 82 valence electrons. The van der Waals surface area contributed by atoms with Gasteiger partial charge in [-0.3, -0.25) is 4.79 Å². The van der Waals surface area contributed by atoms with Gasteiger partial charge in [0.2, 0.25) is 0 Å². The summed E-state index contributed by atoms with van der Waals surface area (Å²) in [6.45, 7) is 4.10. The summed E-state index contributed by atoms with van der Waals surface area (Å²) in [5.74, 6) is 1.36. The first kappa shape index (κ1) is 12.1. The molecule has 0 amide bonds. The molecule has 1 aromatic carbocycles. The van der Waals surface area contributed by atoms with Crippen molar-refractivity contribution in [3.8, 4) is 5.75 Å². The molecule has 0 saturated heterocycles. The lowest BCUT2D eigenvalue weighted by Gasteiger charge is -2.10. The van der Waals surface area contributed by atoms with Gasteiger partial charge in [0.25, 0.3) is 0 Å². The van der Waals surface area contributed by atoms with Crippen molar-refractivity contribution in [1.82, 2.24) is 0 Å². The molecule has 0 aliphatic carbocycles. The van der Waals surface area contributed by atoms with Gasteiger partial charge in [-0.15, -0.1) is 11.6 Å². The molecule has 1 aromatic rings. The van der Waals surface area contributed by atoms with Crippen molar-refractivity contribution in [1.29, 1.82) is 0 Å². The van der Waals surface area contributed by atoms with Crippen LogP contribution in [0.1, 0.15) is 25.0 Å². The number of carbonyl (C=O) groups is 1. The molecule has 0 fully saturated rings. The molecular weight excluding hydrogens is 212 g/mol. The Balaban J connectivity index is 2.98. The summed E-state index contributed by atoms with van der Waals surface area (Å²) in [5, 5.41) is 0. The third kappa shape index (κ3) is 3.56.